The average molecular weight is 287 g/mol. The van der Waals surface area contributed by atoms with Crippen LogP contribution in [0.15, 0.2) is 30.3 Å². The molecule has 0 bridgehead atoms. The molecule has 0 fully saturated rings. The lowest BCUT2D eigenvalue weighted by Gasteiger charge is -2.10. The fourth-order valence-corrected chi connectivity index (χ4v) is 2.08. The van der Waals surface area contributed by atoms with E-state index in [-0.39, 0.29) is 11.6 Å². The van der Waals surface area contributed by atoms with Gasteiger partial charge in [0.25, 0.3) is 0 Å². The lowest BCUT2D eigenvalue weighted by Crippen LogP contribution is -2.11. The lowest BCUT2D eigenvalue weighted by atomic mass is 10.1. The number of unbranched alkanes of at least 4 members (excludes halogenated alkanes) is 1. The molecular formula is C15H17N3O3. The first-order chi connectivity index (χ1) is 10.1. The highest BCUT2D eigenvalue weighted by atomic mass is 16.4. The molecule has 0 aliphatic rings. The Bertz CT molecular complexity index is 670. The van der Waals surface area contributed by atoms with Gasteiger partial charge in [-0.15, -0.1) is 0 Å². The van der Waals surface area contributed by atoms with Gasteiger partial charge in [-0.25, -0.2) is 9.78 Å². The smallest absolute Gasteiger partial charge is 0.354 e. The van der Waals surface area contributed by atoms with E-state index in [0.717, 1.165) is 17.5 Å². The van der Waals surface area contributed by atoms with Crippen LogP contribution in [0.25, 0.3) is 10.9 Å². The third-order valence-corrected chi connectivity index (χ3v) is 3.10. The van der Waals surface area contributed by atoms with E-state index in [4.69, 9.17) is 10.8 Å². The standard InChI is InChI=1S/C15H17N3O3/c16-14(19)7-3-4-8-17-12-9-13(15(20)21)18-11-6-2-1-5-10(11)12/h1-2,5-6,9H,3-4,7-8H2,(H2,16,19)(H,17,18)(H,20,21). The van der Waals surface area contributed by atoms with Gasteiger partial charge in [0, 0.05) is 24.0 Å². The fraction of sp³-hybridized carbons (Fsp3) is 0.267. The zero-order chi connectivity index (χ0) is 15.2. The number of rotatable bonds is 7. The molecule has 21 heavy (non-hydrogen) atoms. The summed E-state index contributed by atoms with van der Waals surface area (Å²) in [5.74, 6) is -1.37. The molecule has 0 saturated heterocycles. The van der Waals surface area contributed by atoms with E-state index in [1.165, 1.54) is 6.07 Å². The molecule has 0 atom stereocenters. The number of carboxylic acids is 1. The molecule has 1 aromatic carbocycles. The second-order valence-corrected chi connectivity index (χ2v) is 4.73. The van der Waals surface area contributed by atoms with Gasteiger partial charge in [0.1, 0.15) is 0 Å². The molecule has 0 aliphatic heterocycles. The third-order valence-electron chi connectivity index (χ3n) is 3.10. The number of carboxylic acid groups (broad SMARTS) is 1. The summed E-state index contributed by atoms with van der Waals surface area (Å²) in [5, 5.41) is 13.2. The maximum atomic E-state index is 11.1. The lowest BCUT2D eigenvalue weighted by molar-refractivity contribution is -0.118. The number of carbonyl (C=O) groups is 2. The van der Waals surface area contributed by atoms with Gasteiger partial charge in [-0.1, -0.05) is 18.2 Å². The number of aromatic nitrogens is 1. The van der Waals surface area contributed by atoms with Crippen molar-refractivity contribution in [3.63, 3.8) is 0 Å². The number of nitrogens with one attached hydrogen (secondary N) is 1. The molecule has 2 aromatic rings. The summed E-state index contributed by atoms with van der Waals surface area (Å²) >= 11 is 0. The first kappa shape index (κ1) is 14.8. The number of aromatic carboxylic acids is 1. The van der Waals surface area contributed by atoms with Crippen molar-refractivity contribution in [2.45, 2.75) is 19.3 Å². The summed E-state index contributed by atoms with van der Waals surface area (Å²) in [4.78, 5) is 25.9. The van der Waals surface area contributed by atoms with Crippen LogP contribution in [0.1, 0.15) is 29.8 Å². The SMILES string of the molecule is NC(=O)CCCCNc1cc(C(=O)O)nc2ccccc12. The van der Waals surface area contributed by atoms with Gasteiger partial charge in [0.15, 0.2) is 5.69 Å². The molecule has 1 aromatic heterocycles. The number of benzene rings is 1. The molecule has 0 spiro atoms. The molecule has 4 N–H and O–H groups in total. The molecule has 1 amide bonds. The van der Waals surface area contributed by atoms with Crippen LogP contribution in [0, 0.1) is 0 Å². The number of para-hydroxylation sites is 1. The summed E-state index contributed by atoms with van der Waals surface area (Å²) < 4.78 is 0. The molecule has 0 radical (unpaired) electrons. The Kier molecular flexibility index (Phi) is 4.71. The number of pyridine rings is 1. The number of primary amides is 1. The minimum atomic E-state index is -1.06. The van der Waals surface area contributed by atoms with Crippen molar-refractivity contribution in [2.75, 3.05) is 11.9 Å². The number of carbonyl (C=O) groups excluding carboxylic acids is 1. The van der Waals surface area contributed by atoms with E-state index in [1.807, 2.05) is 18.2 Å². The fourth-order valence-electron chi connectivity index (χ4n) is 2.08. The number of nitrogens with two attached hydrogens (primary N) is 1. The van der Waals surface area contributed by atoms with Crippen molar-refractivity contribution in [1.29, 1.82) is 0 Å². The number of nitrogens with zero attached hydrogens (tertiary/aromatic N) is 1. The van der Waals surface area contributed by atoms with Gasteiger partial charge in [-0.05, 0) is 25.0 Å². The highest BCUT2D eigenvalue weighted by Gasteiger charge is 2.10. The van der Waals surface area contributed by atoms with E-state index in [0.29, 0.717) is 24.9 Å². The number of hydrogen-bond donors (Lipinski definition) is 3. The summed E-state index contributed by atoms with van der Waals surface area (Å²) in [6.45, 7) is 0.639. The van der Waals surface area contributed by atoms with Crippen LogP contribution in [0.5, 0.6) is 0 Å². The van der Waals surface area contributed by atoms with Crippen molar-refractivity contribution < 1.29 is 14.7 Å². The molecule has 2 rings (SSSR count). The van der Waals surface area contributed by atoms with Crippen LogP contribution >= 0.6 is 0 Å². The van der Waals surface area contributed by atoms with Crippen LogP contribution in [-0.4, -0.2) is 28.5 Å². The van der Waals surface area contributed by atoms with Crippen LogP contribution in [0.4, 0.5) is 5.69 Å². The second kappa shape index (κ2) is 6.69. The molecule has 0 saturated carbocycles. The number of fused-ring (bicyclic) bond motifs is 1. The summed E-state index contributed by atoms with van der Waals surface area (Å²) in [6.07, 6.45) is 1.85. The van der Waals surface area contributed by atoms with Crippen molar-refractivity contribution in [1.82, 2.24) is 4.98 Å². The zero-order valence-corrected chi connectivity index (χ0v) is 11.5. The van der Waals surface area contributed by atoms with Crippen molar-refractivity contribution in [3.8, 4) is 0 Å². The Morgan fingerprint density at radius 2 is 2.00 bits per heavy atom. The Labute approximate surface area is 122 Å². The minimum absolute atomic E-state index is 0.00772. The molecule has 6 heteroatoms. The van der Waals surface area contributed by atoms with E-state index in [9.17, 15) is 9.59 Å². The highest BCUT2D eigenvalue weighted by molar-refractivity contribution is 5.97. The van der Waals surface area contributed by atoms with Crippen molar-refractivity contribution in [3.05, 3.63) is 36.0 Å². The number of hydrogen-bond acceptors (Lipinski definition) is 4. The third kappa shape index (κ3) is 3.92. The first-order valence-corrected chi connectivity index (χ1v) is 6.73. The Morgan fingerprint density at radius 1 is 1.24 bits per heavy atom. The van der Waals surface area contributed by atoms with Gasteiger partial charge >= 0.3 is 5.97 Å². The van der Waals surface area contributed by atoms with Crippen molar-refractivity contribution in [2.24, 2.45) is 5.73 Å². The van der Waals surface area contributed by atoms with Crippen LogP contribution in [-0.2, 0) is 4.79 Å². The van der Waals surface area contributed by atoms with Gasteiger partial charge < -0.3 is 16.2 Å². The topological polar surface area (TPSA) is 105 Å². The Balaban J connectivity index is 2.13. The molecule has 110 valence electrons. The van der Waals surface area contributed by atoms with Crippen LogP contribution < -0.4 is 11.1 Å². The molecule has 1 heterocycles. The number of anilines is 1. The van der Waals surface area contributed by atoms with E-state index >= 15 is 0 Å². The predicted octanol–water partition coefficient (Wildman–Crippen LogP) is 2.00. The monoisotopic (exact) mass is 287 g/mol. The molecule has 6 nitrogen and oxygen atoms in total. The van der Waals surface area contributed by atoms with Crippen LogP contribution in [0.3, 0.4) is 0 Å². The average Bonchev–Trinajstić information content (AvgIpc) is 2.46. The predicted molar refractivity (Wildman–Crippen MR) is 80.2 cm³/mol. The van der Waals surface area contributed by atoms with Crippen molar-refractivity contribution >= 4 is 28.5 Å². The molecular weight excluding hydrogens is 270 g/mol. The Hall–Kier alpha value is -2.63. The minimum Gasteiger partial charge on any atom is -0.477 e. The molecule has 0 unspecified atom stereocenters. The van der Waals surface area contributed by atoms with E-state index in [1.54, 1.807) is 6.07 Å². The first-order valence-electron chi connectivity index (χ1n) is 6.73. The summed E-state index contributed by atoms with van der Waals surface area (Å²) in [5.41, 5.74) is 6.46. The van der Waals surface area contributed by atoms with Gasteiger partial charge in [0.2, 0.25) is 5.91 Å². The maximum absolute atomic E-state index is 11.1. The normalized spacial score (nSPS) is 10.5. The summed E-state index contributed by atoms with van der Waals surface area (Å²) in [6, 6.07) is 8.89. The van der Waals surface area contributed by atoms with E-state index < -0.39 is 5.97 Å². The van der Waals surface area contributed by atoms with Crippen LogP contribution in [0.2, 0.25) is 0 Å². The second-order valence-electron chi connectivity index (χ2n) is 4.73. The van der Waals surface area contributed by atoms with Gasteiger partial charge in [-0.3, -0.25) is 4.79 Å². The Morgan fingerprint density at radius 3 is 2.71 bits per heavy atom. The quantitative estimate of drug-likeness (QED) is 0.675. The summed E-state index contributed by atoms with van der Waals surface area (Å²) in [7, 11) is 0. The largest absolute Gasteiger partial charge is 0.477 e. The number of amides is 1. The molecule has 0 aliphatic carbocycles. The van der Waals surface area contributed by atoms with Gasteiger partial charge in [0.05, 0.1) is 5.52 Å². The van der Waals surface area contributed by atoms with E-state index in [2.05, 4.69) is 10.3 Å². The maximum Gasteiger partial charge on any atom is 0.354 e. The van der Waals surface area contributed by atoms with Gasteiger partial charge in [-0.2, -0.15) is 0 Å². The highest BCUT2D eigenvalue weighted by Crippen LogP contribution is 2.23. The zero-order valence-electron chi connectivity index (χ0n) is 11.5.